The maximum atomic E-state index is 13.9. The van der Waals surface area contributed by atoms with Crippen molar-refractivity contribution in [3.63, 3.8) is 0 Å². The van der Waals surface area contributed by atoms with Crippen LogP contribution in [0.2, 0.25) is 0 Å². The second kappa shape index (κ2) is 4.19. The van der Waals surface area contributed by atoms with Gasteiger partial charge in [-0.2, -0.15) is 5.10 Å². The molecule has 0 bridgehead atoms. The Balaban J connectivity index is 2.36. The van der Waals surface area contributed by atoms with E-state index in [1.807, 2.05) is 0 Å². The SMILES string of the molecule is Cn1ncc(C(=O)O)c1-c1cc2cccc(F)c2n1C. The van der Waals surface area contributed by atoms with Gasteiger partial charge < -0.3 is 9.67 Å². The molecule has 0 saturated heterocycles. The van der Waals surface area contributed by atoms with Gasteiger partial charge in [0.05, 0.1) is 23.1 Å². The highest BCUT2D eigenvalue weighted by atomic mass is 19.1. The maximum absolute atomic E-state index is 13.9. The molecule has 1 N–H and O–H groups in total. The molecule has 0 aliphatic heterocycles. The number of hydrogen-bond acceptors (Lipinski definition) is 2. The molecule has 0 unspecified atom stereocenters. The second-order valence-corrected chi connectivity index (χ2v) is 4.60. The van der Waals surface area contributed by atoms with Crippen molar-refractivity contribution < 1.29 is 14.3 Å². The highest BCUT2D eigenvalue weighted by molar-refractivity contribution is 5.96. The Labute approximate surface area is 113 Å². The molecule has 3 aromatic rings. The largest absolute Gasteiger partial charge is 0.478 e. The molecule has 0 fully saturated rings. The number of halogens is 1. The second-order valence-electron chi connectivity index (χ2n) is 4.60. The van der Waals surface area contributed by atoms with Crippen LogP contribution < -0.4 is 0 Å². The molecule has 0 aliphatic rings. The van der Waals surface area contributed by atoms with Crippen LogP contribution in [0.3, 0.4) is 0 Å². The molecule has 0 amide bonds. The van der Waals surface area contributed by atoms with Gasteiger partial charge in [0, 0.05) is 19.5 Å². The lowest BCUT2D eigenvalue weighted by atomic mass is 10.2. The van der Waals surface area contributed by atoms with E-state index < -0.39 is 5.97 Å². The summed E-state index contributed by atoms with van der Waals surface area (Å²) in [6.07, 6.45) is 1.30. The van der Waals surface area contributed by atoms with Gasteiger partial charge in [0.25, 0.3) is 0 Å². The summed E-state index contributed by atoms with van der Waals surface area (Å²) < 4.78 is 17.0. The maximum Gasteiger partial charge on any atom is 0.339 e. The molecule has 0 radical (unpaired) electrons. The van der Waals surface area contributed by atoms with Gasteiger partial charge in [0.2, 0.25) is 0 Å². The van der Waals surface area contributed by atoms with Gasteiger partial charge in [-0.1, -0.05) is 12.1 Å². The third-order valence-corrected chi connectivity index (χ3v) is 3.42. The molecule has 6 heteroatoms. The van der Waals surface area contributed by atoms with Crippen molar-refractivity contribution in [3.8, 4) is 11.4 Å². The van der Waals surface area contributed by atoms with Gasteiger partial charge in [-0.25, -0.2) is 9.18 Å². The van der Waals surface area contributed by atoms with E-state index in [2.05, 4.69) is 5.10 Å². The Bertz CT molecular complexity index is 832. The molecule has 1 aromatic carbocycles. The van der Waals surface area contributed by atoms with Crippen molar-refractivity contribution in [2.45, 2.75) is 0 Å². The first kappa shape index (κ1) is 12.4. The third kappa shape index (κ3) is 1.61. The van der Waals surface area contributed by atoms with Crippen LogP contribution in [0.15, 0.2) is 30.5 Å². The lowest BCUT2D eigenvalue weighted by Gasteiger charge is -2.06. The minimum atomic E-state index is -1.06. The lowest BCUT2D eigenvalue weighted by molar-refractivity contribution is 0.0697. The zero-order chi connectivity index (χ0) is 14.4. The number of rotatable bonds is 2. The Morgan fingerprint density at radius 3 is 2.75 bits per heavy atom. The van der Waals surface area contributed by atoms with Crippen LogP contribution in [0, 0.1) is 5.82 Å². The van der Waals surface area contributed by atoms with Crippen LogP contribution in [0.4, 0.5) is 4.39 Å². The fraction of sp³-hybridized carbons (Fsp3) is 0.143. The molecule has 0 spiro atoms. The van der Waals surface area contributed by atoms with Crippen LogP contribution in [0.1, 0.15) is 10.4 Å². The number of para-hydroxylation sites is 1. The Morgan fingerprint density at radius 2 is 2.10 bits per heavy atom. The summed E-state index contributed by atoms with van der Waals surface area (Å²) in [5.41, 5.74) is 1.61. The summed E-state index contributed by atoms with van der Waals surface area (Å²) in [5.74, 6) is -1.39. The van der Waals surface area contributed by atoms with E-state index in [1.165, 1.54) is 16.9 Å². The predicted octanol–water partition coefficient (Wildman–Crippen LogP) is 2.42. The highest BCUT2D eigenvalue weighted by Crippen LogP contribution is 2.30. The Hall–Kier alpha value is -2.63. The van der Waals surface area contributed by atoms with Crippen LogP contribution >= 0.6 is 0 Å². The molecule has 0 aliphatic carbocycles. The lowest BCUT2D eigenvalue weighted by Crippen LogP contribution is -2.04. The van der Waals surface area contributed by atoms with Gasteiger partial charge in [-0.05, 0) is 12.1 Å². The van der Waals surface area contributed by atoms with E-state index in [0.717, 1.165) is 5.39 Å². The number of fused-ring (bicyclic) bond motifs is 1. The number of carbonyl (C=O) groups is 1. The monoisotopic (exact) mass is 273 g/mol. The average Bonchev–Trinajstić information content (AvgIpc) is 2.91. The molecule has 0 saturated carbocycles. The molecule has 2 heterocycles. The molecule has 20 heavy (non-hydrogen) atoms. The number of aromatic carboxylic acids is 1. The molecular weight excluding hydrogens is 261 g/mol. The minimum Gasteiger partial charge on any atom is -0.478 e. The van der Waals surface area contributed by atoms with Gasteiger partial charge in [0.1, 0.15) is 11.4 Å². The van der Waals surface area contributed by atoms with Crippen molar-refractivity contribution in [3.05, 3.63) is 41.8 Å². The van der Waals surface area contributed by atoms with E-state index >= 15 is 0 Å². The van der Waals surface area contributed by atoms with E-state index in [0.29, 0.717) is 16.9 Å². The quantitative estimate of drug-likeness (QED) is 0.780. The fourth-order valence-electron chi connectivity index (χ4n) is 2.49. The van der Waals surface area contributed by atoms with Gasteiger partial charge in [0.15, 0.2) is 0 Å². The smallest absolute Gasteiger partial charge is 0.339 e. The Morgan fingerprint density at radius 1 is 1.35 bits per heavy atom. The van der Waals surface area contributed by atoms with E-state index in [9.17, 15) is 14.3 Å². The average molecular weight is 273 g/mol. The van der Waals surface area contributed by atoms with Crippen molar-refractivity contribution in [1.82, 2.24) is 14.3 Å². The van der Waals surface area contributed by atoms with Crippen LogP contribution in [-0.2, 0) is 14.1 Å². The van der Waals surface area contributed by atoms with Crippen molar-refractivity contribution in [1.29, 1.82) is 0 Å². The molecule has 3 rings (SSSR count). The standard InChI is InChI=1S/C14H12FN3O2/c1-17-11(6-8-4-3-5-10(15)12(8)17)13-9(14(19)20)7-16-18(13)2/h3-7H,1-2H3,(H,19,20). The van der Waals surface area contributed by atoms with Gasteiger partial charge in [-0.3, -0.25) is 4.68 Å². The summed E-state index contributed by atoms with van der Waals surface area (Å²) in [6, 6.07) is 6.57. The summed E-state index contributed by atoms with van der Waals surface area (Å²) in [7, 11) is 3.37. The zero-order valence-electron chi connectivity index (χ0n) is 11.0. The third-order valence-electron chi connectivity index (χ3n) is 3.42. The van der Waals surface area contributed by atoms with E-state index in [1.54, 1.807) is 36.9 Å². The summed E-state index contributed by atoms with van der Waals surface area (Å²) in [5, 5.41) is 13.9. The zero-order valence-corrected chi connectivity index (χ0v) is 11.0. The molecule has 5 nitrogen and oxygen atoms in total. The number of hydrogen-bond donors (Lipinski definition) is 1. The number of nitrogens with zero attached hydrogens (tertiary/aromatic N) is 3. The first-order chi connectivity index (χ1) is 9.50. The summed E-state index contributed by atoms with van der Waals surface area (Å²) in [6.45, 7) is 0. The van der Waals surface area contributed by atoms with Crippen LogP contribution in [0.25, 0.3) is 22.3 Å². The van der Waals surface area contributed by atoms with Crippen LogP contribution in [-0.4, -0.2) is 25.4 Å². The molecule has 102 valence electrons. The number of carboxylic acid groups (broad SMARTS) is 1. The predicted molar refractivity (Wildman–Crippen MR) is 72.0 cm³/mol. The summed E-state index contributed by atoms with van der Waals surface area (Å²) >= 11 is 0. The number of aryl methyl sites for hydroxylation is 2. The van der Waals surface area contributed by atoms with Crippen LogP contribution in [0.5, 0.6) is 0 Å². The first-order valence-electron chi connectivity index (χ1n) is 6.00. The highest BCUT2D eigenvalue weighted by Gasteiger charge is 2.21. The minimum absolute atomic E-state index is 0.0961. The van der Waals surface area contributed by atoms with Crippen molar-refractivity contribution in [2.24, 2.45) is 14.1 Å². The number of aromatic nitrogens is 3. The molecular formula is C14H12FN3O2. The van der Waals surface area contributed by atoms with Gasteiger partial charge >= 0.3 is 5.97 Å². The Kier molecular flexibility index (Phi) is 2.60. The van der Waals surface area contributed by atoms with Crippen molar-refractivity contribution >= 4 is 16.9 Å². The van der Waals surface area contributed by atoms with Gasteiger partial charge in [-0.15, -0.1) is 0 Å². The molecule has 0 atom stereocenters. The summed E-state index contributed by atoms with van der Waals surface area (Å²) in [4.78, 5) is 11.3. The van der Waals surface area contributed by atoms with E-state index in [-0.39, 0.29) is 11.4 Å². The normalized spacial score (nSPS) is 11.2. The number of benzene rings is 1. The fourth-order valence-corrected chi connectivity index (χ4v) is 2.49. The number of carboxylic acids is 1. The first-order valence-corrected chi connectivity index (χ1v) is 6.00. The molecule has 2 aromatic heterocycles. The van der Waals surface area contributed by atoms with E-state index in [4.69, 9.17) is 0 Å². The topological polar surface area (TPSA) is 60.1 Å². The van der Waals surface area contributed by atoms with Crippen molar-refractivity contribution in [2.75, 3.05) is 0 Å².